The number of hydrogen-bond donors (Lipinski definition) is 1. The Labute approximate surface area is 153 Å². The molecule has 0 spiro atoms. The van der Waals surface area contributed by atoms with Gasteiger partial charge in [0.15, 0.2) is 0 Å². The molecule has 2 aliphatic heterocycles. The molecule has 0 bridgehead atoms. The summed E-state index contributed by atoms with van der Waals surface area (Å²) in [7, 11) is 3.65. The summed E-state index contributed by atoms with van der Waals surface area (Å²) in [5.41, 5.74) is -0.150. The first-order valence-corrected chi connectivity index (χ1v) is 9.02. The second-order valence-corrected chi connectivity index (χ2v) is 7.53. The number of nitrogens with zero attached hydrogens (tertiary/aromatic N) is 3. The van der Waals surface area contributed by atoms with Crippen LogP contribution in [-0.2, 0) is 4.79 Å². The lowest BCUT2D eigenvalue weighted by molar-refractivity contribution is -0.134. The third-order valence-electron chi connectivity index (χ3n) is 5.76. The summed E-state index contributed by atoms with van der Waals surface area (Å²) in [5.74, 6) is -1.13. The van der Waals surface area contributed by atoms with Crippen molar-refractivity contribution in [2.75, 3.05) is 33.7 Å². The molecule has 2 aliphatic rings. The summed E-state index contributed by atoms with van der Waals surface area (Å²) in [6.07, 6.45) is 1.53. The number of carbonyl (C=O) groups excluding carboxylic acids is 2. The Morgan fingerprint density at radius 2 is 2.04 bits per heavy atom. The van der Waals surface area contributed by atoms with E-state index in [2.05, 4.69) is 11.8 Å². The van der Waals surface area contributed by atoms with Crippen LogP contribution < -0.4 is 0 Å². The number of phenols is 1. The molecule has 3 atom stereocenters. The van der Waals surface area contributed by atoms with Crippen molar-refractivity contribution in [3.8, 4) is 5.75 Å². The van der Waals surface area contributed by atoms with E-state index in [4.69, 9.17) is 0 Å². The summed E-state index contributed by atoms with van der Waals surface area (Å²) < 4.78 is 13.9. The topological polar surface area (TPSA) is 64.1 Å². The average Bonchev–Trinajstić information content (AvgIpc) is 3.23. The number of benzene rings is 1. The minimum atomic E-state index is -0.659. The SMILES string of the molecule is C[C@@H]1C[C@H](C(=O)N2CCC(N(C)C(=O)c3cc(O)ccc3F)C2)CN1C. The zero-order chi connectivity index (χ0) is 19.0. The third-order valence-corrected chi connectivity index (χ3v) is 5.76. The number of amides is 2. The number of halogens is 1. The maximum absolute atomic E-state index is 13.9. The Bertz CT molecular complexity index is 701. The van der Waals surface area contributed by atoms with Crippen molar-refractivity contribution in [3.05, 3.63) is 29.6 Å². The Kier molecular flexibility index (Phi) is 5.18. The van der Waals surface area contributed by atoms with Gasteiger partial charge in [-0.3, -0.25) is 9.59 Å². The van der Waals surface area contributed by atoms with Gasteiger partial charge in [-0.2, -0.15) is 0 Å². The average molecular weight is 363 g/mol. The standard InChI is InChI=1S/C19H26FN3O3/c1-12-8-13(10-21(12)2)18(25)23-7-6-14(11-23)22(3)19(26)16-9-15(24)4-5-17(16)20/h4-5,9,12-14,24H,6-8,10-11H2,1-3H3/t12-,13+,14?/m1/s1. The number of carbonyl (C=O) groups is 2. The molecule has 0 aliphatic carbocycles. The van der Waals surface area contributed by atoms with E-state index in [-0.39, 0.29) is 29.2 Å². The van der Waals surface area contributed by atoms with Crippen LogP contribution in [0.2, 0.25) is 0 Å². The smallest absolute Gasteiger partial charge is 0.257 e. The van der Waals surface area contributed by atoms with Gasteiger partial charge < -0.3 is 19.8 Å². The normalized spacial score (nSPS) is 26.3. The van der Waals surface area contributed by atoms with Crippen molar-refractivity contribution in [1.82, 2.24) is 14.7 Å². The van der Waals surface area contributed by atoms with E-state index in [0.717, 1.165) is 25.1 Å². The van der Waals surface area contributed by atoms with E-state index in [1.807, 2.05) is 11.9 Å². The molecule has 1 aromatic carbocycles. The molecular formula is C19H26FN3O3. The molecule has 0 aromatic heterocycles. The van der Waals surface area contributed by atoms with Gasteiger partial charge >= 0.3 is 0 Å². The van der Waals surface area contributed by atoms with Crippen LogP contribution in [0.1, 0.15) is 30.1 Å². The minimum Gasteiger partial charge on any atom is -0.508 e. The highest BCUT2D eigenvalue weighted by Gasteiger charge is 2.38. The summed E-state index contributed by atoms with van der Waals surface area (Å²) in [5, 5.41) is 9.52. The molecule has 1 unspecified atom stereocenters. The maximum atomic E-state index is 13.9. The molecule has 2 fully saturated rings. The number of phenolic OH excluding ortho intramolecular Hbond substituents is 1. The van der Waals surface area contributed by atoms with Crippen LogP contribution in [0.3, 0.4) is 0 Å². The number of aromatic hydroxyl groups is 1. The van der Waals surface area contributed by atoms with Crippen LogP contribution in [0, 0.1) is 11.7 Å². The summed E-state index contributed by atoms with van der Waals surface area (Å²) in [4.78, 5) is 30.8. The summed E-state index contributed by atoms with van der Waals surface area (Å²) >= 11 is 0. The molecule has 0 radical (unpaired) electrons. The fourth-order valence-electron chi connectivity index (χ4n) is 3.92. The van der Waals surface area contributed by atoms with E-state index >= 15 is 0 Å². The molecule has 1 aromatic rings. The molecule has 6 nitrogen and oxygen atoms in total. The first kappa shape index (κ1) is 18.6. The quantitative estimate of drug-likeness (QED) is 0.885. The minimum absolute atomic E-state index is 0.0123. The lowest BCUT2D eigenvalue weighted by Crippen LogP contribution is -2.41. The van der Waals surface area contributed by atoms with Gasteiger partial charge in [-0.05, 0) is 45.0 Å². The van der Waals surface area contributed by atoms with E-state index < -0.39 is 11.7 Å². The lowest BCUT2D eigenvalue weighted by Gasteiger charge is -2.26. The van der Waals surface area contributed by atoms with Crippen LogP contribution in [-0.4, -0.2) is 77.4 Å². The van der Waals surface area contributed by atoms with Crippen LogP contribution >= 0.6 is 0 Å². The largest absolute Gasteiger partial charge is 0.508 e. The second kappa shape index (κ2) is 7.23. The van der Waals surface area contributed by atoms with E-state index in [9.17, 15) is 19.1 Å². The second-order valence-electron chi connectivity index (χ2n) is 7.53. The zero-order valence-corrected chi connectivity index (χ0v) is 15.5. The molecule has 26 heavy (non-hydrogen) atoms. The Morgan fingerprint density at radius 1 is 1.31 bits per heavy atom. The summed E-state index contributed by atoms with van der Waals surface area (Å²) in [6, 6.07) is 3.69. The van der Waals surface area contributed by atoms with Crippen molar-refractivity contribution < 1.29 is 19.1 Å². The van der Waals surface area contributed by atoms with Crippen LogP contribution in [0.15, 0.2) is 18.2 Å². The van der Waals surface area contributed by atoms with Gasteiger partial charge in [-0.15, -0.1) is 0 Å². The van der Waals surface area contributed by atoms with E-state index in [0.29, 0.717) is 25.6 Å². The zero-order valence-electron chi connectivity index (χ0n) is 15.5. The predicted octanol–water partition coefficient (Wildman–Crippen LogP) is 1.54. The van der Waals surface area contributed by atoms with Gasteiger partial charge in [0.05, 0.1) is 17.5 Å². The van der Waals surface area contributed by atoms with Crippen molar-refractivity contribution in [3.63, 3.8) is 0 Å². The van der Waals surface area contributed by atoms with E-state index in [1.54, 1.807) is 7.05 Å². The molecule has 2 amide bonds. The highest BCUT2D eigenvalue weighted by molar-refractivity contribution is 5.95. The molecule has 0 saturated carbocycles. The molecule has 2 heterocycles. The number of rotatable bonds is 3. The van der Waals surface area contributed by atoms with Gasteiger partial charge in [-0.25, -0.2) is 4.39 Å². The Morgan fingerprint density at radius 3 is 2.69 bits per heavy atom. The Hall–Kier alpha value is -2.15. The maximum Gasteiger partial charge on any atom is 0.257 e. The van der Waals surface area contributed by atoms with Crippen LogP contribution in [0.5, 0.6) is 5.75 Å². The molecule has 2 saturated heterocycles. The van der Waals surface area contributed by atoms with Gasteiger partial charge in [0, 0.05) is 32.7 Å². The van der Waals surface area contributed by atoms with Gasteiger partial charge in [0.2, 0.25) is 5.91 Å². The van der Waals surface area contributed by atoms with E-state index in [1.165, 1.54) is 11.0 Å². The highest BCUT2D eigenvalue weighted by atomic mass is 19.1. The highest BCUT2D eigenvalue weighted by Crippen LogP contribution is 2.26. The Balaban J connectivity index is 1.64. The van der Waals surface area contributed by atoms with Crippen molar-refractivity contribution in [1.29, 1.82) is 0 Å². The molecule has 1 N–H and O–H groups in total. The van der Waals surface area contributed by atoms with Crippen LogP contribution in [0.25, 0.3) is 0 Å². The predicted molar refractivity (Wildman–Crippen MR) is 95.3 cm³/mol. The van der Waals surface area contributed by atoms with Crippen molar-refractivity contribution >= 4 is 11.8 Å². The van der Waals surface area contributed by atoms with Crippen LogP contribution in [0.4, 0.5) is 4.39 Å². The third kappa shape index (κ3) is 3.53. The monoisotopic (exact) mass is 363 g/mol. The first-order chi connectivity index (χ1) is 12.3. The summed E-state index contributed by atoms with van der Waals surface area (Å²) in [6.45, 7) is 3.97. The fraction of sp³-hybridized carbons (Fsp3) is 0.579. The fourth-order valence-corrected chi connectivity index (χ4v) is 3.92. The molecule has 3 rings (SSSR count). The molecule has 7 heteroatoms. The number of likely N-dealkylation sites (N-methyl/N-ethyl adjacent to an activating group) is 1. The lowest BCUT2D eigenvalue weighted by atomic mass is 10.1. The van der Waals surface area contributed by atoms with Crippen molar-refractivity contribution in [2.24, 2.45) is 5.92 Å². The number of hydrogen-bond acceptors (Lipinski definition) is 4. The van der Waals surface area contributed by atoms with Gasteiger partial charge in [0.1, 0.15) is 11.6 Å². The van der Waals surface area contributed by atoms with Crippen molar-refractivity contribution in [2.45, 2.75) is 31.8 Å². The van der Waals surface area contributed by atoms with Gasteiger partial charge in [0.25, 0.3) is 5.91 Å². The van der Waals surface area contributed by atoms with Gasteiger partial charge in [-0.1, -0.05) is 0 Å². The molecule has 142 valence electrons. The first-order valence-electron chi connectivity index (χ1n) is 9.02. The molecular weight excluding hydrogens is 337 g/mol. The number of likely N-dealkylation sites (tertiary alicyclic amines) is 2.